The predicted octanol–water partition coefficient (Wildman–Crippen LogP) is 14.2. The molecule has 0 aromatic heterocycles. The Labute approximate surface area is 323 Å². The fourth-order valence-corrected chi connectivity index (χ4v) is 6.72. The van der Waals surface area contributed by atoms with Crippen molar-refractivity contribution in [3.63, 3.8) is 0 Å². The second-order valence-corrected chi connectivity index (χ2v) is 16.4. The molecular weight excluding hydrogens is 649 g/mol. The molecule has 0 amide bonds. The maximum atomic E-state index is 12.7. The van der Waals surface area contributed by atoms with Crippen molar-refractivity contribution in [1.29, 1.82) is 0 Å². The number of hydrogen-bond donors (Lipinski definition) is 0. The summed E-state index contributed by atoms with van der Waals surface area (Å²) in [6.07, 6.45) is 36.6. The van der Waals surface area contributed by atoms with E-state index in [9.17, 15) is 14.4 Å². The van der Waals surface area contributed by atoms with Crippen LogP contribution in [-0.4, -0.2) is 37.2 Å². The maximum Gasteiger partial charge on any atom is 0.306 e. The van der Waals surface area contributed by atoms with Gasteiger partial charge in [-0.05, 0) is 31.1 Å². The second-order valence-electron chi connectivity index (χ2n) is 16.4. The summed E-state index contributed by atoms with van der Waals surface area (Å²) in [7, 11) is 0. The Hall–Kier alpha value is -1.59. The molecule has 6 nitrogen and oxygen atoms in total. The van der Waals surface area contributed by atoms with Crippen LogP contribution in [0.25, 0.3) is 0 Å². The first kappa shape index (κ1) is 50.4. The van der Waals surface area contributed by atoms with Crippen molar-refractivity contribution >= 4 is 17.9 Å². The highest BCUT2D eigenvalue weighted by Crippen LogP contribution is 2.17. The number of ether oxygens (including phenoxy) is 3. The molecule has 0 aromatic rings. The van der Waals surface area contributed by atoms with E-state index in [4.69, 9.17) is 14.2 Å². The first-order valence-electron chi connectivity index (χ1n) is 22.8. The fourth-order valence-electron chi connectivity index (χ4n) is 6.72. The summed E-state index contributed by atoms with van der Waals surface area (Å²) in [4.78, 5) is 37.6. The molecule has 308 valence electrons. The standard InChI is InChI=1S/C46H88O6/c1-6-8-9-10-11-14-21-26-31-36-44(47)50-39-43(52-46(49)38-33-28-23-18-17-19-24-29-34-41(3)4)40-51-45(48)37-32-27-22-16-13-12-15-20-25-30-35-42(5)7-2/h41-43H,6-40H2,1-5H3/t42?,43-/m1/s1. The lowest BCUT2D eigenvalue weighted by molar-refractivity contribution is -0.167. The minimum Gasteiger partial charge on any atom is -0.462 e. The van der Waals surface area contributed by atoms with Crippen LogP contribution in [0.15, 0.2) is 0 Å². The van der Waals surface area contributed by atoms with Crippen LogP contribution in [0.2, 0.25) is 0 Å². The maximum absolute atomic E-state index is 12.7. The van der Waals surface area contributed by atoms with Gasteiger partial charge in [-0.2, -0.15) is 0 Å². The average Bonchev–Trinajstić information content (AvgIpc) is 3.12. The summed E-state index contributed by atoms with van der Waals surface area (Å²) in [5.41, 5.74) is 0. The normalized spacial score (nSPS) is 12.6. The second kappa shape index (κ2) is 39.1. The highest BCUT2D eigenvalue weighted by Gasteiger charge is 2.19. The van der Waals surface area contributed by atoms with Crippen LogP contribution in [0.4, 0.5) is 0 Å². The van der Waals surface area contributed by atoms with Crippen molar-refractivity contribution in [2.45, 2.75) is 253 Å². The van der Waals surface area contributed by atoms with Crippen LogP contribution in [0.1, 0.15) is 247 Å². The molecular formula is C46H88O6. The molecule has 0 fully saturated rings. The van der Waals surface area contributed by atoms with Crippen molar-refractivity contribution in [3.05, 3.63) is 0 Å². The molecule has 52 heavy (non-hydrogen) atoms. The van der Waals surface area contributed by atoms with E-state index in [0.29, 0.717) is 19.3 Å². The summed E-state index contributed by atoms with van der Waals surface area (Å²) in [6.45, 7) is 11.3. The zero-order chi connectivity index (χ0) is 38.3. The lowest BCUT2D eigenvalue weighted by atomic mass is 9.99. The summed E-state index contributed by atoms with van der Waals surface area (Å²) < 4.78 is 16.7. The Balaban J connectivity index is 4.32. The molecule has 2 atom stereocenters. The van der Waals surface area contributed by atoms with Crippen LogP contribution in [0.3, 0.4) is 0 Å². The molecule has 0 bridgehead atoms. The molecule has 6 heteroatoms. The number of rotatable bonds is 40. The molecule has 0 aliphatic heterocycles. The number of hydrogen-bond acceptors (Lipinski definition) is 6. The average molecular weight is 737 g/mol. The van der Waals surface area contributed by atoms with Crippen molar-refractivity contribution in [3.8, 4) is 0 Å². The molecule has 1 unspecified atom stereocenters. The highest BCUT2D eigenvalue weighted by molar-refractivity contribution is 5.71. The van der Waals surface area contributed by atoms with E-state index in [1.54, 1.807) is 0 Å². The van der Waals surface area contributed by atoms with Crippen molar-refractivity contribution in [2.75, 3.05) is 13.2 Å². The molecule has 0 heterocycles. The third-order valence-electron chi connectivity index (χ3n) is 10.6. The topological polar surface area (TPSA) is 78.9 Å². The van der Waals surface area contributed by atoms with E-state index in [2.05, 4.69) is 34.6 Å². The van der Waals surface area contributed by atoms with Gasteiger partial charge in [-0.15, -0.1) is 0 Å². The summed E-state index contributed by atoms with van der Waals surface area (Å²) in [5, 5.41) is 0. The monoisotopic (exact) mass is 737 g/mol. The Morgan fingerprint density at radius 1 is 0.404 bits per heavy atom. The van der Waals surface area contributed by atoms with Gasteiger partial charge in [-0.1, -0.05) is 208 Å². The molecule has 0 saturated carbocycles. The van der Waals surface area contributed by atoms with Gasteiger partial charge in [0.25, 0.3) is 0 Å². The SMILES string of the molecule is CCCCCCCCCCCC(=O)OC[C@H](COC(=O)CCCCCCCCCCCCC(C)CC)OC(=O)CCCCCCCCCCC(C)C. The number of carbonyl (C=O) groups is 3. The van der Waals surface area contributed by atoms with Crippen molar-refractivity contribution in [2.24, 2.45) is 11.8 Å². The Morgan fingerprint density at radius 3 is 1.10 bits per heavy atom. The first-order chi connectivity index (χ1) is 25.3. The van der Waals surface area contributed by atoms with Gasteiger partial charge in [-0.3, -0.25) is 14.4 Å². The molecule has 0 saturated heterocycles. The van der Waals surface area contributed by atoms with Crippen molar-refractivity contribution < 1.29 is 28.6 Å². The zero-order valence-corrected chi connectivity index (χ0v) is 35.4. The summed E-state index contributed by atoms with van der Waals surface area (Å²) >= 11 is 0. The quantitative estimate of drug-likeness (QED) is 0.0354. The van der Waals surface area contributed by atoms with Gasteiger partial charge in [0.15, 0.2) is 6.10 Å². The van der Waals surface area contributed by atoms with Crippen LogP contribution < -0.4 is 0 Å². The molecule has 0 rings (SSSR count). The van der Waals surface area contributed by atoms with Gasteiger partial charge in [0.05, 0.1) is 0 Å². The van der Waals surface area contributed by atoms with Crippen LogP contribution in [-0.2, 0) is 28.6 Å². The first-order valence-corrected chi connectivity index (χ1v) is 22.8. The molecule has 0 aliphatic rings. The van der Waals surface area contributed by atoms with Gasteiger partial charge >= 0.3 is 17.9 Å². The van der Waals surface area contributed by atoms with E-state index >= 15 is 0 Å². The molecule has 0 N–H and O–H groups in total. The third kappa shape index (κ3) is 38.1. The van der Waals surface area contributed by atoms with E-state index in [0.717, 1.165) is 69.6 Å². The molecule has 0 spiro atoms. The predicted molar refractivity (Wildman–Crippen MR) is 220 cm³/mol. The summed E-state index contributed by atoms with van der Waals surface area (Å²) in [6, 6.07) is 0. The van der Waals surface area contributed by atoms with E-state index < -0.39 is 6.10 Å². The van der Waals surface area contributed by atoms with Crippen molar-refractivity contribution in [1.82, 2.24) is 0 Å². The van der Waals surface area contributed by atoms with Crippen LogP contribution in [0.5, 0.6) is 0 Å². The van der Waals surface area contributed by atoms with Gasteiger partial charge in [-0.25, -0.2) is 0 Å². The van der Waals surface area contributed by atoms with E-state index in [-0.39, 0.29) is 31.1 Å². The number of unbranched alkanes of at least 4 members (excludes halogenated alkanes) is 24. The zero-order valence-electron chi connectivity index (χ0n) is 35.4. The molecule has 0 aliphatic carbocycles. The molecule has 0 aromatic carbocycles. The Kier molecular flexibility index (Phi) is 37.9. The fraction of sp³-hybridized carbons (Fsp3) is 0.935. The largest absolute Gasteiger partial charge is 0.462 e. The number of esters is 3. The van der Waals surface area contributed by atoms with E-state index in [1.807, 2.05) is 0 Å². The van der Waals surface area contributed by atoms with Crippen LogP contribution >= 0.6 is 0 Å². The van der Waals surface area contributed by atoms with Gasteiger partial charge < -0.3 is 14.2 Å². The van der Waals surface area contributed by atoms with Gasteiger partial charge in [0.1, 0.15) is 13.2 Å². The van der Waals surface area contributed by atoms with Crippen LogP contribution in [0, 0.1) is 11.8 Å². The number of carbonyl (C=O) groups excluding carboxylic acids is 3. The smallest absolute Gasteiger partial charge is 0.306 e. The van der Waals surface area contributed by atoms with Gasteiger partial charge in [0, 0.05) is 19.3 Å². The minimum atomic E-state index is -0.760. The Morgan fingerprint density at radius 2 is 0.731 bits per heavy atom. The Bertz CT molecular complexity index is 796. The highest BCUT2D eigenvalue weighted by atomic mass is 16.6. The molecule has 0 radical (unpaired) electrons. The lowest BCUT2D eigenvalue weighted by Crippen LogP contribution is -2.30. The lowest BCUT2D eigenvalue weighted by Gasteiger charge is -2.18. The third-order valence-corrected chi connectivity index (χ3v) is 10.6. The minimum absolute atomic E-state index is 0.0654. The van der Waals surface area contributed by atoms with Gasteiger partial charge in [0.2, 0.25) is 0 Å². The van der Waals surface area contributed by atoms with E-state index in [1.165, 1.54) is 135 Å². The summed E-state index contributed by atoms with van der Waals surface area (Å²) in [5.74, 6) is 0.801.